The van der Waals surface area contributed by atoms with Crippen molar-refractivity contribution in [1.29, 1.82) is 5.41 Å². The maximum absolute atomic E-state index is 7.72. The highest BCUT2D eigenvalue weighted by molar-refractivity contribution is 5.96. The predicted octanol–water partition coefficient (Wildman–Crippen LogP) is 5.59. The molecule has 0 aliphatic rings. The van der Waals surface area contributed by atoms with Crippen LogP contribution in [0, 0.1) is 5.41 Å². The maximum Gasteiger partial charge on any atom is 0.119 e. The van der Waals surface area contributed by atoms with Crippen molar-refractivity contribution in [1.82, 2.24) is 0 Å². The van der Waals surface area contributed by atoms with E-state index in [1.165, 1.54) is 5.56 Å². The number of nitrogens with two attached hydrogens (primary N) is 1. The van der Waals surface area contributed by atoms with Crippen LogP contribution in [0.2, 0.25) is 0 Å². The second-order valence-corrected chi connectivity index (χ2v) is 7.57. The number of hydrogen-bond donors (Lipinski definition) is 2. The molecule has 0 saturated carbocycles. The molecule has 0 heterocycles. The molecule has 1 aromatic rings. The fourth-order valence-electron chi connectivity index (χ4n) is 2.68. The van der Waals surface area contributed by atoms with Gasteiger partial charge in [0.05, 0.1) is 6.61 Å². The molecule has 134 valence electrons. The van der Waals surface area contributed by atoms with Crippen LogP contribution >= 0.6 is 0 Å². The molecule has 0 unspecified atom stereocenters. The second-order valence-electron chi connectivity index (χ2n) is 7.57. The first-order valence-corrected chi connectivity index (χ1v) is 8.96. The summed E-state index contributed by atoms with van der Waals surface area (Å²) in [6.07, 6.45) is 5.35. The standard InChI is InChI=1S/C21H34N2O/c1-16(22)20(17(2)23)10-8-6-7-9-15-24-19-13-11-18(12-14-19)21(3,4)5/h11-14,22H,6-10,15,23H2,1-5H3/b20-17-,22-16?. The van der Waals surface area contributed by atoms with Crippen molar-refractivity contribution >= 4 is 5.71 Å². The fraction of sp³-hybridized carbons (Fsp3) is 0.571. The van der Waals surface area contributed by atoms with Crippen molar-refractivity contribution in [2.24, 2.45) is 5.73 Å². The van der Waals surface area contributed by atoms with Crippen LogP contribution in [0.5, 0.6) is 5.75 Å². The lowest BCUT2D eigenvalue weighted by Gasteiger charge is -2.19. The van der Waals surface area contributed by atoms with E-state index < -0.39 is 0 Å². The summed E-state index contributed by atoms with van der Waals surface area (Å²) in [5, 5.41) is 7.72. The van der Waals surface area contributed by atoms with Gasteiger partial charge in [-0.3, -0.25) is 0 Å². The lowest BCUT2D eigenvalue weighted by Crippen LogP contribution is -2.10. The van der Waals surface area contributed by atoms with Gasteiger partial charge in [-0.05, 0) is 61.8 Å². The minimum absolute atomic E-state index is 0.183. The van der Waals surface area contributed by atoms with E-state index in [1.807, 2.05) is 13.8 Å². The van der Waals surface area contributed by atoms with E-state index in [1.54, 1.807) is 0 Å². The SMILES string of the molecule is CC(=N)/C(CCCCCCOc1ccc(C(C)(C)C)cc1)=C(/C)N. The lowest BCUT2D eigenvalue weighted by atomic mass is 9.87. The summed E-state index contributed by atoms with van der Waals surface area (Å²) in [6.45, 7) is 11.1. The number of rotatable bonds is 9. The smallest absolute Gasteiger partial charge is 0.119 e. The first kappa shape index (κ1) is 20.3. The largest absolute Gasteiger partial charge is 0.494 e. The molecule has 0 atom stereocenters. The van der Waals surface area contributed by atoms with E-state index in [-0.39, 0.29) is 5.41 Å². The summed E-state index contributed by atoms with van der Waals surface area (Å²) in [6, 6.07) is 8.43. The molecule has 0 saturated heterocycles. The first-order valence-electron chi connectivity index (χ1n) is 8.96. The molecule has 0 radical (unpaired) electrons. The monoisotopic (exact) mass is 330 g/mol. The fourth-order valence-corrected chi connectivity index (χ4v) is 2.68. The third-order valence-corrected chi connectivity index (χ3v) is 4.24. The minimum Gasteiger partial charge on any atom is -0.494 e. The summed E-state index contributed by atoms with van der Waals surface area (Å²) in [4.78, 5) is 0. The Kier molecular flexibility index (Phi) is 8.03. The van der Waals surface area contributed by atoms with Crippen LogP contribution in [0.3, 0.4) is 0 Å². The summed E-state index contributed by atoms with van der Waals surface area (Å²) in [5.74, 6) is 0.950. The molecule has 1 rings (SSSR count). The highest BCUT2D eigenvalue weighted by Gasteiger charge is 2.12. The molecule has 3 nitrogen and oxygen atoms in total. The molecular formula is C21H34N2O. The summed E-state index contributed by atoms with van der Waals surface area (Å²) < 4.78 is 5.81. The Morgan fingerprint density at radius 3 is 2.08 bits per heavy atom. The normalized spacial score (nSPS) is 12.7. The van der Waals surface area contributed by atoms with Gasteiger partial charge in [0.2, 0.25) is 0 Å². The number of nitrogens with one attached hydrogen (secondary N) is 1. The van der Waals surface area contributed by atoms with Crippen LogP contribution in [-0.4, -0.2) is 12.3 Å². The van der Waals surface area contributed by atoms with Crippen molar-refractivity contribution in [3.8, 4) is 5.75 Å². The van der Waals surface area contributed by atoms with Gasteiger partial charge in [-0.1, -0.05) is 45.7 Å². The van der Waals surface area contributed by atoms with Crippen molar-refractivity contribution in [2.45, 2.75) is 72.1 Å². The quantitative estimate of drug-likeness (QED) is 0.458. The van der Waals surface area contributed by atoms with Crippen LogP contribution in [0.25, 0.3) is 0 Å². The molecule has 3 heteroatoms. The number of benzene rings is 1. The van der Waals surface area contributed by atoms with Crippen molar-refractivity contribution in [2.75, 3.05) is 6.61 Å². The Hall–Kier alpha value is -1.77. The van der Waals surface area contributed by atoms with Gasteiger partial charge < -0.3 is 15.9 Å². The molecule has 3 N–H and O–H groups in total. The Balaban J connectivity index is 2.21. The zero-order valence-electron chi connectivity index (χ0n) is 16.0. The van der Waals surface area contributed by atoms with Crippen LogP contribution < -0.4 is 10.5 Å². The molecule has 0 spiro atoms. The molecule has 0 aliphatic heterocycles. The van der Waals surface area contributed by atoms with E-state index in [9.17, 15) is 0 Å². The van der Waals surface area contributed by atoms with Crippen LogP contribution in [0.1, 0.15) is 72.3 Å². The van der Waals surface area contributed by atoms with E-state index in [4.69, 9.17) is 15.9 Å². The van der Waals surface area contributed by atoms with Gasteiger partial charge in [-0.2, -0.15) is 0 Å². The Morgan fingerprint density at radius 1 is 1.00 bits per heavy atom. The van der Waals surface area contributed by atoms with Gasteiger partial charge in [0.25, 0.3) is 0 Å². The lowest BCUT2D eigenvalue weighted by molar-refractivity contribution is 0.304. The zero-order valence-corrected chi connectivity index (χ0v) is 16.0. The molecule has 0 aromatic heterocycles. The average Bonchev–Trinajstić information content (AvgIpc) is 2.48. The van der Waals surface area contributed by atoms with Gasteiger partial charge in [-0.25, -0.2) is 0 Å². The Labute approximate surface area is 147 Å². The van der Waals surface area contributed by atoms with Crippen molar-refractivity contribution in [3.63, 3.8) is 0 Å². The summed E-state index contributed by atoms with van der Waals surface area (Å²) >= 11 is 0. The van der Waals surface area contributed by atoms with E-state index >= 15 is 0 Å². The molecule has 0 fully saturated rings. The van der Waals surface area contributed by atoms with Gasteiger partial charge in [0, 0.05) is 11.4 Å². The van der Waals surface area contributed by atoms with Crippen LogP contribution in [0.4, 0.5) is 0 Å². The molecule has 24 heavy (non-hydrogen) atoms. The predicted molar refractivity (Wildman–Crippen MR) is 104 cm³/mol. The Bertz CT molecular complexity index is 546. The van der Waals surface area contributed by atoms with Crippen LogP contribution in [-0.2, 0) is 5.41 Å². The molecular weight excluding hydrogens is 296 g/mol. The van der Waals surface area contributed by atoms with E-state index in [0.717, 1.165) is 55.7 Å². The van der Waals surface area contributed by atoms with Gasteiger partial charge in [0.15, 0.2) is 0 Å². The minimum atomic E-state index is 0.183. The van der Waals surface area contributed by atoms with E-state index in [2.05, 4.69) is 45.0 Å². The molecule has 0 amide bonds. The average molecular weight is 331 g/mol. The number of allylic oxidation sites excluding steroid dienone is 2. The maximum atomic E-state index is 7.72. The number of hydrogen-bond acceptors (Lipinski definition) is 3. The van der Waals surface area contributed by atoms with Crippen molar-refractivity contribution in [3.05, 3.63) is 41.1 Å². The second kappa shape index (κ2) is 9.51. The molecule has 0 bridgehead atoms. The first-order chi connectivity index (χ1) is 11.2. The third kappa shape index (κ3) is 7.20. The highest BCUT2D eigenvalue weighted by atomic mass is 16.5. The zero-order chi connectivity index (χ0) is 18.2. The van der Waals surface area contributed by atoms with Crippen LogP contribution in [0.15, 0.2) is 35.5 Å². The molecule has 0 aliphatic carbocycles. The van der Waals surface area contributed by atoms with E-state index in [0.29, 0.717) is 5.71 Å². The number of ether oxygens (including phenoxy) is 1. The Morgan fingerprint density at radius 2 is 1.58 bits per heavy atom. The van der Waals surface area contributed by atoms with Gasteiger partial charge in [-0.15, -0.1) is 0 Å². The summed E-state index contributed by atoms with van der Waals surface area (Å²) in [5.41, 5.74) is 9.71. The summed E-state index contributed by atoms with van der Waals surface area (Å²) in [7, 11) is 0. The molecule has 1 aromatic carbocycles. The number of unbranched alkanes of at least 4 members (excludes halogenated alkanes) is 3. The van der Waals surface area contributed by atoms with Gasteiger partial charge in [0.1, 0.15) is 5.75 Å². The third-order valence-electron chi connectivity index (χ3n) is 4.24. The van der Waals surface area contributed by atoms with Crippen molar-refractivity contribution < 1.29 is 4.74 Å². The highest BCUT2D eigenvalue weighted by Crippen LogP contribution is 2.24. The van der Waals surface area contributed by atoms with Gasteiger partial charge >= 0.3 is 0 Å². The topological polar surface area (TPSA) is 59.1 Å².